The molecule has 2 nitrogen and oxygen atoms in total. The molecule has 4 heteroatoms. The van der Waals surface area contributed by atoms with E-state index in [1.165, 1.54) is 12.1 Å². The summed E-state index contributed by atoms with van der Waals surface area (Å²) in [5.41, 5.74) is 1.14. The van der Waals surface area contributed by atoms with Crippen molar-refractivity contribution in [2.75, 3.05) is 0 Å². The Bertz CT molecular complexity index is 594. The lowest BCUT2D eigenvalue weighted by Crippen LogP contribution is -2.00. The third kappa shape index (κ3) is 2.53. The SMILES string of the molecule is O=C(O)Cc1cccc(-c2cccc(F)c2F)c1. The van der Waals surface area contributed by atoms with Crippen LogP contribution >= 0.6 is 0 Å². The summed E-state index contributed by atoms with van der Waals surface area (Å²) in [6.45, 7) is 0. The molecule has 0 spiro atoms. The number of carbonyl (C=O) groups is 1. The van der Waals surface area contributed by atoms with E-state index in [1.807, 2.05) is 0 Å². The van der Waals surface area contributed by atoms with Crippen LogP contribution in [0.3, 0.4) is 0 Å². The first-order valence-electron chi connectivity index (χ1n) is 5.33. The predicted octanol–water partition coefficient (Wildman–Crippen LogP) is 3.26. The van der Waals surface area contributed by atoms with Gasteiger partial charge in [-0.25, -0.2) is 8.78 Å². The summed E-state index contributed by atoms with van der Waals surface area (Å²) in [5, 5.41) is 8.69. The Kier molecular flexibility index (Phi) is 3.37. The zero-order chi connectivity index (χ0) is 13.1. The van der Waals surface area contributed by atoms with Crippen molar-refractivity contribution in [2.24, 2.45) is 0 Å². The third-order valence-corrected chi connectivity index (χ3v) is 2.54. The zero-order valence-electron chi connectivity index (χ0n) is 9.36. The molecule has 0 aromatic heterocycles. The van der Waals surface area contributed by atoms with Gasteiger partial charge in [-0.15, -0.1) is 0 Å². The Morgan fingerprint density at radius 2 is 1.83 bits per heavy atom. The molecule has 0 saturated carbocycles. The topological polar surface area (TPSA) is 37.3 Å². The first-order chi connectivity index (χ1) is 8.58. The van der Waals surface area contributed by atoms with Crippen LogP contribution in [0, 0.1) is 11.6 Å². The fourth-order valence-corrected chi connectivity index (χ4v) is 1.75. The molecule has 0 saturated heterocycles. The van der Waals surface area contributed by atoms with Crippen LogP contribution in [0.4, 0.5) is 8.78 Å². The second-order valence-electron chi connectivity index (χ2n) is 3.87. The maximum Gasteiger partial charge on any atom is 0.307 e. The number of rotatable bonds is 3. The minimum atomic E-state index is -0.966. The number of hydrogen-bond donors (Lipinski definition) is 1. The fraction of sp³-hybridized carbons (Fsp3) is 0.0714. The van der Waals surface area contributed by atoms with Gasteiger partial charge in [0.15, 0.2) is 11.6 Å². The molecule has 0 aliphatic heterocycles. The van der Waals surface area contributed by atoms with E-state index >= 15 is 0 Å². The number of halogens is 2. The lowest BCUT2D eigenvalue weighted by molar-refractivity contribution is -0.136. The van der Waals surface area contributed by atoms with Gasteiger partial charge in [0.05, 0.1) is 6.42 Å². The molecule has 18 heavy (non-hydrogen) atoms. The molecule has 2 aromatic rings. The van der Waals surface area contributed by atoms with Crippen molar-refractivity contribution in [1.29, 1.82) is 0 Å². The summed E-state index contributed by atoms with van der Waals surface area (Å²) in [6.07, 6.45) is -0.148. The summed E-state index contributed by atoms with van der Waals surface area (Å²) < 4.78 is 26.7. The maximum absolute atomic E-state index is 13.6. The molecule has 2 rings (SSSR count). The monoisotopic (exact) mass is 248 g/mol. The van der Waals surface area contributed by atoms with Crippen molar-refractivity contribution in [3.05, 3.63) is 59.7 Å². The molecule has 0 fully saturated rings. The molecule has 2 aromatic carbocycles. The molecule has 0 heterocycles. The molecule has 0 atom stereocenters. The first-order valence-corrected chi connectivity index (χ1v) is 5.33. The lowest BCUT2D eigenvalue weighted by Gasteiger charge is -2.06. The van der Waals surface area contributed by atoms with Crippen LogP contribution in [0.25, 0.3) is 11.1 Å². The van der Waals surface area contributed by atoms with Crippen molar-refractivity contribution >= 4 is 5.97 Å². The van der Waals surface area contributed by atoms with Crippen LogP contribution in [0.2, 0.25) is 0 Å². The third-order valence-electron chi connectivity index (χ3n) is 2.54. The summed E-state index contributed by atoms with van der Waals surface area (Å²) in [4.78, 5) is 10.6. The van der Waals surface area contributed by atoms with Gasteiger partial charge < -0.3 is 5.11 Å². The van der Waals surface area contributed by atoms with E-state index in [1.54, 1.807) is 24.3 Å². The summed E-state index contributed by atoms with van der Waals surface area (Å²) in [5.74, 6) is -2.81. The van der Waals surface area contributed by atoms with Gasteiger partial charge in [-0.3, -0.25) is 4.79 Å². The summed E-state index contributed by atoms with van der Waals surface area (Å²) >= 11 is 0. The fourth-order valence-electron chi connectivity index (χ4n) is 1.75. The summed E-state index contributed by atoms with van der Waals surface area (Å²) in [6, 6.07) is 10.3. The van der Waals surface area contributed by atoms with Crippen molar-refractivity contribution in [3.8, 4) is 11.1 Å². The Hall–Kier alpha value is -2.23. The van der Waals surface area contributed by atoms with Gasteiger partial charge in [0.1, 0.15) is 0 Å². The average molecular weight is 248 g/mol. The smallest absolute Gasteiger partial charge is 0.307 e. The van der Waals surface area contributed by atoms with E-state index in [4.69, 9.17) is 5.11 Å². The maximum atomic E-state index is 13.6. The van der Waals surface area contributed by atoms with E-state index in [0.29, 0.717) is 11.1 Å². The van der Waals surface area contributed by atoms with Crippen LogP contribution in [0.5, 0.6) is 0 Å². The predicted molar refractivity (Wildman–Crippen MR) is 63.1 cm³/mol. The number of aliphatic carboxylic acids is 1. The van der Waals surface area contributed by atoms with E-state index in [2.05, 4.69) is 0 Å². The number of carboxylic acid groups (broad SMARTS) is 1. The molecule has 0 amide bonds. The van der Waals surface area contributed by atoms with Crippen LogP contribution in [-0.2, 0) is 11.2 Å². The van der Waals surface area contributed by atoms with Crippen LogP contribution in [-0.4, -0.2) is 11.1 Å². The van der Waals surface area contributed by atoms with E-state index in [9.17, 15) is 13.6 Å². The van der Waals surface area contributed by atoms with Gasteiger partial charge in [-0.1, -0.05) is 36.4 Å². The molecule has 0 aliphatic carbocycles. The van der Waals surface area contributed by atoms with Crippen molar-refractivity contribution in [1.82, 2.24) is 0 Å². The second-order valence-corrected chi connectivity index (χ2v) is 3.87. The second kappa shape index (κ2) is 4.96. The van der Waals surface area contributed by atoms with E-state index in [0.717, 1.165) is 6.07 Å². The quantitative estimate of drug-likeness (QED) is 0.905. The molecule has 0 bridgehead atoms. The highest BCUT2D eigenvalue weighted by Gasteiger charge is 2.10. The first kappa shape index (κ1) is 12.2. The average Bonchev–Trinajstić information content (AvgIpc) is 2.32. The van der Waals surface area contributed by atoms with Gasteiger partial charge in [0.2, 0.25) is 0 Å². The molecule has 0 unspecified atom stereocenters. The largest absolute Gasteiger partial charge is 0.481 e. The molecule has 1 N–H and O–H groups in total. The van der Waals surface area contributed by atoms with Crippen LogP contribution in [0.15, 0.2) is 42.5 Å². The van der Waals surface area contributed by atoms with E-state index < -0.39 is 17.6 Å². The highest BCUT2D eigenvalue weighted by molar-refractivity contribution is 5.72. The Balaban J connectivity index is 2.44. The Morgan fingerprint density at radius 1 is 1.11 bits per heavy atom. The van der Waals surface area contributed by atoms with Crippen molar-refractivity contribution < 1.29 is 18.7 Å². The molecular weight excluding hydrogens is 238 g/mol. The highest BCUT2D eigenvalue weighted by Crippen LogP contribution is 2.25. The van der Waals surface area contributed by atoms with Crippen LogP contribution in [0.1, 0.15) is 5.56 Å². The number of benzene rings is 2. The van der Waals surface area contributed by atoms with Gasteiger partial charge in [0, 0.05) is 5.56 Å². The number of carboxylic acids is 1. The van der Waals surface area contributed by atoms with Crippen molar-refractivity contribution in [2.45, 2.75) is 6.42 Å². The lowest BCUT2D eigenvalue weighted by atomic mass is 10.0. The van der Waals surface area contributed by atoms with Gasteiger partial charge in [0.25, 0.3) is 0 Å². The number of hydrogen-bond acceptors (Lipinski definition) is 1. The molecule has 0 radical (unpaired) electrons. The standard InChI is InChI=1S/C14H10F2O2/c15-12-6-2-5-11(14(12)16)10-4-1-3-9(7-10)8-13(17)18/h1-7H,8H2,(H,17,18). The summed E-state index contributed by atoms with van der Waals surface area (Å²) in [7, 11) is 0. The minimum absolute atomic E-state index is 0.127. The highest BCUT2D eigenvalue weighted by atomic mass is 19.2. The Morgan fingerprint density at radius 3 is 2.56 bits per heavy atom. The molecule has 0 aliphatic rings. The van der Waals surface area contributed by atoms with Crippen molar-refractivity contribution in [3.63, 3.8) is 0 Å². The normalized spacial score (nSPS) is 10.3. The van der Waals surface area contributed by atoms with E-state index in [-0.39, 0.29) is 12.0 Å². The van der Waals surface area contributed by atoms with Crippen LogP contribution < -0.4 is 0 Å². The van der Waals surface area contributed by atoms with Gasteiger partial charge in [-0.2, -0.15) is 0 Å². The van der Waals surface area contributed by atoms with Gasteiger partial charge >= 0.3 is 5.97 Å². The van der Waals surface area contributed by atoms with Gasteiger partial charge in [-0.05, 0) is 17.2 Å². The Labute approximate surface area is 103 Å². The molecule has 92 valence electrons. The minimum Gasteiger partial charge on any atom is -0.481 e. The molecular formula is C14H10F2O2. The zero-order valence-corrected chi connectivity index (χ0v) is 9.36.